The van der Waals surface area contributed by atoms with Crippen molar-refractivity contribution in [2.75, 3.05) is 13.2 Å². The van der Waals surface area contributed by atoms with Gasteiger partial charge in [0.15, 0.2) is 0 Å². The van der Waals surface area contributed by atoms with Crippen LogP contribution in [0.2, 0.25) is 0 Å². The summed E-state index contributed by atoms with van der Waals surface area (Å²) in [7, 11) is 0. The second-order valence-corrected chi connectivity index (χ2v) is 6.16. The molecule has 1 aliphatic rings. The minimum absolute atomic E-state index is 0.462. The molecule has 1 saturated carbocycles. The molecule has 1 aliphatic carbocycles. The van der Waals surface area contributed by atoms with Crippen molar-refractivity contribution in [2.24, 2.45) is 0 Å². The number of nitrogens with one attached hydrogen (secondary N) is 1. The van der Waals surface area contributed by atoms with Crippen molar-refractivity contribution in [1.82, 2.24) is 5.32 Å². The molecule has 1 fully saturated rings. The standard InChI is InChI=1S/C18H29NO2/c1-15(2)19-14-16-7-6-10-18(13-16)21-12-11-20-17-8-4-3-5-9-17/h6-7,10,13,15,17,19H,3-5,8-9,11-12,14H2,1-2H3. The second kappa shape index (κ2) is 9.06. The smallest absolute Gasteiger partial charge is 0.119 e. The van der Waals surface area contributed by atoms with E-state index in [0.29, 0.717) is 25.4 Å². The van der Waals surface area contributed by atoms with E-state index in [4.69, 9.17) is 9.47 Å². The Bertz CT molecular complexity index is 400. The molecular formula is C18H29NO2. The third-order valence-corrected chi connectivity index (χ3v) is 3.87. The van der Waals surface area contributed by atoms with Crippen molar-refractivity contribution in [2.45, 2.75) is 64.6 Å². The summed E-state index contributed by atoms with van der Waals surface area (Å²) in [6.07, 6.45) is 6.90. The average molecular weight is 291 g/mol. The first-order valence-electron chi connectivity index (χ1n) is 8.31. The molecular weight excluding hydrogens is 262 g/mol. The molecule has 0 atom stereocenters. The van der Waals surface area contributed by atoms with Gasteiger partial charge in [-0.3, -0.25) is 0 Å². The van der Waals surface area contributed by atoms with Crippen LogP contribution in [0.4, 0.5) is 0 Å². The van der Waals surface area contributed by atoms with Crippen LogP contribution in [0.25, 0.3) is 0 Å². The molecule has 0 unspecified atom stereocenters. The molecule has 3 heteroatoms. The van der Waals surface area contributed by atoms with E-state index < -0.39 is 0 Å². The van der Waals surface area contributed by atoms with Crippen LogP contribution in [0, 0.1) is 0 Å². The molecule has 2 rings (SSSR count). The van der Waals surface area contributed by atoms with Crippen molar-refractivity contribution in [3.63, 3.8) is 0 Å². The SMILES string of the molecule is CC(C)NCc1cccc(OCCOC2CCCCC2)c1. The predicted octanol–water partition coefficient (Wildman–Crippen LogP) is 3.91. The van der Waals surface area contributed by atoms with E-state index >= 15 is 0 Å². The van der Waals surface area contributed by atoms with E-state index in [1.165, 1.54) is 37.7 Å². The third kappa shape index (κ3) is 6.49. The van der Waals surface area contributed by atoms with Crippen LogP contribution in [0.15, 0.2) is 24.3 Å². The molecule has 118 valence electrons. The van der Waals surface area contributed by atoms with Crippen molar-refractivity contribution >= 4 is 0 Å². The number of rotatable bonds is 8. The van der Waals surface area contributed by atoms with Gasteiger partial charge in [0.1, 0.15) is 12.4 Å². The van der Waals surface area contributed by atoms with Gasteiger partial charge in [0.2, 0.25) is 0 Å². The lowest BCUT2D eigenvalue weighted by atomic mass is 9.98. The molecule has 0 amide bonds. The Balaban J connectivity index is 1.66. The fraction of sp³-hybridized carbons (Fsp3) is 0.667. The minimum atomic E-state index is 0.462. The molecule has 3 nitrogen and oxygen atoms in total. The highest BCUT2D eigenvalue weighted by Gasteiger charge is 2.13. The van der Waals surface area contributed by atoms with E-state index in [9.17, 15) is 0 Å². The van der Waals surface area contributed by atoms with Crippen molar-refractivity contribution in [3.8, 4) is 5.75 Å². The minimum Gasteiger partial charge on any atom is -0.491 e. The maximum absolute atomic E-state index is 5.88. The summed E-state index contributed by atoms with van der Waals surface area (Å²) in [5.74, 6) is 0.935. The molecule has 1 aromatic carbocycles. The maximum atomic E-state index is 5.88. The first-order valence-corrected chi connectivity index (χ1v) is 8.31. The van der Waals surface area contributed by atoms with Crippen LogP contribution in [0.5, 0.6) is 5.75 Å². The Labute approximate surface area is 129 Å². The zero-order valence-corrected chi connectivity index (χ0v) is 13.4. The van der Waals surface area contributed by atoms with E-state index in [-0.39, 0.29) is 0 Å². The van der Waals surface area contributed by atoms with Gasteiger partial charge in [-0.1, -0.05) is 45.2 Å². The summed E-state index contributed by atoms with van der Waals surface area (Å²) in [5, 5.41) is 3.42. The van der Waals surface area contributed by atoms with Gasteiger partial charge in [-0.05, 0) is 30.5 Å². The Morgan fingerprint density at radius 2 is 1.95 bits per heavy atom. The quantitative estimate of drug-likeness (QED) is 0.737. The lowest BCUT2D eigenvalue weighted by Crippen LogP contribution is -2.21. The number of hydrogen-bond donors (Lipinski definition) is 1. The maximum Gasteiger partial charge on any atom is 0.119 e. The summed E-state index contributed by atoms with van der Waals surface area (Å²) in [5.41, 5.74) is 1.26. The van der Waals surface area contributed by atoms with E-state index in [2.05, 4.69) is 37.4 Å². The molecule has 0 saturated heterocycles. The first kappa shape index (κ1) is 16.3. The molecule has 0 aliphatic heterocycles. The highest BCUT2D eigenvalue weighted by atomic mass is 16.5. The summed E-state index contributed by atoms with van der Waals surface area (Å²) in [4.78, 5) is 0. The fourth-order valence-electron chi connectivity index (χ4n) is 2.67. The van der Waals surface area contributed by atoms with Crippen LogP contribution in [0.1, 0.15) is 51.5 Å². The lowest BCUT2D eigenvalue weighted by molar-refractivity contribution is 0.0129. The normalized spacial score (nSPS) is 16.3. The molecule has 1 aromatic rings. The van der Waals surface area contributed by atoms with Crippen LogP contribution in [-0.2, 0) is 11.3 Å². The van der Waals surface area contributed by atoms with E-state index in [0.717, 1.165) is 12.3 Å². The van der Waals surface area contributed by atoms with Gasteiger partial charge >= 0.3 is 0 Å². The molecule has 1 N–H and O–H groups in total. The molecule has 0 bridgehead atoms. The topological polar surface area (TPSA) is 30.5 Å². The highest BCUT2D eigenvalue weighted by molar-refractivity contribution is 5.28. The molecule has 0 heterocycles. The number of hydrogen-bond acceptors (Lipinski definition) is 3. The van der Waals surface area contributed by atoms with E-state index in [1.807, 2.05) is 6.07 Å². The largest absolute Gasteiger partial charge is 0.491 e. The van der Waals surface area contributed by atoms with Crippen LogP contribution in [0.3, 0.4) is 0 Å². The van der Waals surface area contributed by atoms with Crippen molar-refractivity contribution < 1.29 is 9.47 Å². The molecule has 0 radical (unpaired) electrons. The monoisotopic (exact) mass is 291 g/mol. The highest BCUT2D eigenvalue weighted by Crippen LogP contribution is 2.20. The second-order valence-electron chi connectivity index (χ2n) is 6.16. The van der Waals surface area contributed by atoms with Gasteiger partial charge in [0.05, 0.1) is 12.7 Å². The molecule has 0 aromatic heterocycles. The van der Waals surface area contributed by atoms with Gasteiger partial charge in [-0.15, -0.1) is 0 Å². The summed E-state index contributed by atoms with van der Waals surface area (Å²) >= 11 is 0. The summed E-state index contributed by atoms with van der Waals surface area (Å²) in [6.45, 7) is 6.52. The fourth-order valence-corrected chi connectivity index (χ4v) is 2.67. The number of benzene rings is 1. The lowest BCUT2D eigenvalue weighted by Gasteiger charge is -2.22. The summed E-state index contributed by atoms with van der Waals surface area (Å²) in [6, 6.07) is 8.80. The van der Waals surface area contributed by atoms with Crippen molar-refractivity contribution in [3.05, 3.63) is 29.8 Å². The first-order chi connectivity index (χ1) is 10.2. The third-order valence-electron chi connectivity index (χ3n) is 3.87. The van der Waals surface area contributed by atoms with Gasteiger partial charge in [-0.25, -0.2) is 0 Å². The zero-order valence-electron chi connectivity index (χ0n) is 13.4. The van der Waals surface area contributed by atoms with Gasteiger partial charge in [0.25, 0.3) is 0 Å². The number of ether oxygens (including phenoxy) is 2. The zero-order chi connectivity index (χ0) is 14.9. The predicted molar refractivity (Wildman–Crippen MR) is 86.7 cm³/mol. The summed E-state index contributed by atoms with van der Waals surface area (Å²) < 4.78 is 11.7. The Hall–Kier alpha value is -1.06. The molecule has 21 heavy (non-hydrogen) atoms. The van der Waals surface area contributed by atoms with Gasteiger partial charge in [-0.2, -0.15) is 0 Å². The van der Waals surface area contributed by atoms with Crippen LogP contribution < -0.4 is 10.1 Å². The Morgan fingerprint density at radius 1 is 1.14 bits per heavy atom. The van der Waals surface area contributed by atoms with Crippen LogP contribution >= 0.6 is 0 Å². The van der Waals surface area contributed by atoms with Gasteiger partial charge in [0, 0.05) is 12.6 Å². The molecule has 0 spiro atoms. The van der Waals surface area contributed by atoms with Crippen molar-refractivity contribution in [1.29, 1.82) is 0 Å². The van der Waals surface area contributed by atoms with E-state index in [1.54, 1.807) is 0 Å². The van der Waals surface area contributed by atoms with Gasteiger partial charge < -0.3 is 14.8 Å². The van der Waals surface area contributed by atoms with Crippen LogP contribution in [-0.4, -0.2) is 25.4 Å². The average Bonchev–Trinajstić information content (AvgIpc) is 2.51. The Morgan fingerprint density at radius 3 is 2.71 bits per heavy atom. The Kier molecular flexibility index (Phi) is 7.04.